The lowest BCUT2D eigenvalue weighted by Gasteiger charge is -2.36. The molecule has 6 nitrogen and oxygen atoms in total. The summed E-state index contributed by atoms with van der Waals surface area (Å²) in [7, 11) is 1.57. The second-order valence-corrected chi connectivity index (χ2v) is 7.51. The fraction of sp³-hybridized carbons (Fsp3) is 0.409. The molecule has 29 heavy (non-hydrogen) atoms. The Kier molecular flexibility index (Phi) is 7.23. The van der Waals surface area contributed by atoms with Crippen LogP contribution in [0.1, 0.15) is 13.8 Å². The first kappa shape index (κ1) is 21.3. The van der Waals surface area contributed by atoms with Gasteiger partial charge in [0.15, 0.2) is 6.04 Å². The van der Waals surface area contributed by atoms with Crippen molar-refractivity contribution in [3.8, 4) is 11.5 Å². The van der Waals surface area contributed by atoms with E-state index < -0.39 is 0 Å². The maximum Gasteiger partial charge on any atom is 0.282 e. The number of halogens is 1. The maximum absolute atomic E-state index is 12.7. The summed E-state index contributed by atoms with van der Waals surface area (Å²) >= 11 is 6.15. The number of hydrogen-bond donors (Lipinski definition) is 2. The van der Waals surface area contributed by atoms with Gasteiger partial charge in [0.05, 0.1) is 50.6 Å². The minimum Gasteiger partial charge on any atom is -0.495 e. The molecule has 0 saturated carbocycles. The third-order valence-corrected chi connectivity index (χ3v) is 5.63. The molecule has 1 aliphatic rings. The SMILES string of the molecule is CCOc1ccccc1N1CC[NH+]([C@H](C)C(=O)Nc2ccc(OC)c(Cl)c2)CC1. The lowest BCUT2D eigenvalue weighted by atomic mass is 10.2. The molecule has 1 atom stereocenters. The van der Waals surface area contributed by atoms with Crippen LogP contribution in [0.4, 0.5) is 11.4 Å². The van der Waals surface area contributed by atoms with E-state index in [1.807, 2.05) is 32.0 Å². The van der Waals surface area contributed by atoms with Gasteiger partial charge in [0.1, 0.15) is 11.5 Å². The number of nitrogens with one attached hydrogen (secondary N) is 2. The number of rotatable bonds is 7. The summed E-state index contributed by atoms with van der Waals surface area (Å²) in [6.45, 7) is 8.15. The molecule has 2 aromatic rings. The minimum absolute atomic E-state index is 0.00981. The van der Waals surface area contributed by atoms with Crippen molar-refractivity contribution >= 4 is 28.9 Å². The molecular formula is C22H29ClN3O3+. The number of quaternary nitrogens is 1. The van der Waals surface area contributed by atoms with Gasteiger partial charge in [-0.3, -0.25) is 4.79 Å². The number of methoxy groups -OCH3 is 1. The van der Waals surface area contributed by atoms with Gasteiger partial charge in [-0.05, 0) is 44.2 Å². The molecular weight excluding hydrogens is 390 g/mol. The van der Waals surface area contributed by atoms with Gasteiger partial charge in [-0.25, -0.2) is 0 Å². The zero-order valence-corrected chi connectivity index (χ0v) is 18.0. The minimum atomic E-state index is -0.153. The van der Waals surface area contributed by atoms with Crippen LogP contribution >= 0.6 is 11.6 Å². The predicted molar refractivity (Wildman–Crippen MR) is 117 cm³/mol. The van der Waals surface area contributed by atoms with E-state index in [0.29, 0.717) is 23.1 Å². The fourth-order valence-electron chi connectivity index (χ4n) is 3.64. The summed E-state index contributed by atoms with van der Waals surface area (Å²) in [6.07, 6.45) is 0. The number of amides is 1. The zero-order chi connectivity index (χ0) is 20.8. The Bertz CT molecular complexity index is 838. The van der Waals surface area contributed by atoms with Crippen LogP contribution < -0.4 is 24.6 Å². The second-order valence-electron chi connectivity index (χ2n) is 7.11. The molecule has 3 rings (SSSR count). The number of piperazine rings is 1. The molecule has 1 fully saturated rings. The van der Waals surface area contributed by atoms with Gasteiger partial charge in [0, 0.05) is 5.69 Å². The van der Waals surface area contributed by atoms with Crippen LogP contribution in [0.3, 0.4) is 0 Å². The molecule has 0 unspecified atom stereocenters. The number of carbonyl (C=O) groups is 1. The monoisotopic (exact) mass is 418 g/mol. The Morgan fingerprint density at radius 2 is 1.93 bits per heavy atom. The van der Waals surface area contributed by atoms with Crippen molar-refractivity contribution in [3.05, 3.63) is 47.5 Å². The van der Waals surface area contributed by atoms with Crippen molar-refractivity contribution in [1.29, 1.82) is 0 Å². The summed E-state index contributed by atoms with van der Waals surface area (Å²) in [4.78, 5) is 16.3. The quantitative estimate of drug-likeness (QED) is 0.725. The Morgan fingerprint density at radius 1 is 1.21 bits per heavy atom. The lowest BCUT2D eigenvalue weighted by molar-refractivity contribution is -0.914. The van der Waals surface area contributed by atoms with Gasteiger partial charge in [-0.15, -0.1) is 0 Å². The average molecular weight is 419 g/mol. The first-order valence-corrected chi connectivity index (χ1v) is 10.4. The molecule has 0 spiro atoms. The van der Waals surface area contributed by atoms with Crippen molar-refractivity contribution in [2.75, 3.05) is 50.1 Å². The number of para-hydroxylation sites is 2. The Morgan fingerprint density at radius 3 is 2.59 bits per heavy atom. The van der Waals surface area contributed by atoms with Crippen LogP contribution in [-0.2, 0) is 4.79 Å². The van der Waals surface area contributed by atoms with Crippen LogP contribution in [0.15, 0.2) is 42.5 Å². The van der Waals surface area contributed by atoms with E-state index in [9.17, 15) is 4.79 Å². The summed E-state index contributed by atoms with van der Waals surface area (Å²) in [5.74, 6) is 1.50. The van der Waals surface area contributed by atoms with Crippen molar-refractivity contribution in [3.63, 3.8) is 0 Å². The largest absolute Gasteiger partial charge is 0.495 e. The molecule has 1 amide bonds. The summed E-state index contributed by atoms with van der Waals surface area (Å²) in [6, 6.07) is 13.2. The number of benzene rings is 2. The highest BCUT2D eigenvalue weighted by Crippen LogP contribution is 2.28. The van der Waals surface area contributed by atoms with Crippen molar-refractivity contribution in [2.45, 2.75) is 19.9 Å². The summed E-state index contributed by atoms with van der Waals surface area (Å²) in [5.41, 5.74) is 1.80. The summed E-state index contributed by atoms with van der Waals surface area (Å²) in [5, 5.41) is 3.45. The van der Waals surface area contributed by atoms with E-state index in [4.69, 9.17) is 21.1 Å². The highest BCUT2D eigenvalue weighted by Gasteiger charge is 2.30. The van der Waals surface area contributed by atoms with Gasteiger partial charge < -0.3 is 24.6 Å². The summed E-state index contributed by atoms with van der Waals surface area (Å²) < 4.78 is 10.9. The van der Waals surface area contributed by atoms with E-state index in [1.165, 1.54) is 4.90 Å². The Hall–Kier alpha value is -2.44. The van der Waals surface area contributed by atoms with Gasteiger partial charge in [-0.1, -0.05) is 23.7 Å². The number of anilines is 2. The first-order chi connectivity index (χ1) is 14.0. The topological polar surface area (TPSA) is 55.2 Å². The highest BCUT2D eigenvalue weighted by atomic mass is 35.5. The lowest BCUT2D eigenvalue weighted by Crippen LogP contribution is -3.19. The third kappa shape index (κ3) is 5.14. The average Bonchev–Trinajstić information content (AvgIpc) is 2.74. The van der Waals surface area contributed by atoms with Crippen LogP contribution in [0, 0.1) is 0 Å². The van der Waals surface area contributed by atoms with E-state index in [0.717, 1.165) is 37.6 Å². The Balaban J connectivity index is 1.57. The van der Waals surface area contributed by atoms with Gasteiger partial charge >= 0.3 is 0 Å². The van der Waals surface area contributed by atoms with E-state index in [1.54, 1.807) is 25.3 Å². The first-order valence-electron chi connectivity index (χ1n) is 9.99. The van der Waals surface area contributed by atoms with Crippen molar-refractivity contribution < 1.29 is 19.2 Å². The molecule has 1 saturated heterocycles. The van der Waals surface area contributed by atoms with Gasteiger partial charge in [0.25, 0.3) is 5.91 Å². The fourth-order valence-corrected chi connectivity index (χ4v) is 3.90. The Labute approximate surface area is 177 Å². The van der Waals surface area contributed by atoms with E-state index >= 15 is 0 Å². The third-order valence-electron chi connectivity index (χ3n) is 5.34. The van der Waals surface area contributed by atoms with Gasteiger partial charge in [0.2, 0.25) is 0 Å². The maximum atomic E-state index is 12.7. The number of ether oxygens (including phenoxy) is 2. The second kappa shape index (κ2) is 9.85. The standard InChI is InChI=1S/C22H28ClN3O3/c1-4-29-21-8-6-5-7-19(21)26-13-11-25(12-14-26)16(2)22(27)24-17-9-10-20(28-3)18(23)15-17/h5-10,15-16H,4,11-14H2,1-3H3,(H,24,27)/p+1/t16-/m1/s1. The van der Waals surface area contributed by atoms with E-state index in [-0.39, 0.29) is 11.9 Å². The molecule has 0 bridgehead atoms. The molecule has 0 radical (unpaired) electrons. The molecule has 2 aromatic carbocycles. The molecule has 1 aliphatic heterocycles. The van der Waals surface area contributed by atoms with E-state index in [2.05, 4.69) is 16.3 Å². The highest BCUT2D eigenvalue weighted by molar-refractivity contribution is 6.32. The number of carbonyl (C=O) groups excluding carboxylic acids is 1. The molecule has 0 aromatic heterocycles. The van der Waals surface area contributed by atoms with Crippen LogP contribution in [-0.4, -0.2) is 51.8 Å². The van der Waals surface area contributed by atoms with Gasteiger partial charge in [-0.2, -0.15) is 0 Å². The zero-order valence-electron chi connectivity index (χ0n) is 17.2. The van der Waals surface area contributed by atoms with Crippen molar-refractivity contribution in [2.24, 2.45) is 0 Å². The number of hydrogen-bond acceptors (Lipinski definition) is 4. The van der Waals surface area contributed by atoms with Crippen LogP contribution in [0.2, 0.25) is 5.02 Å². The molecule has 156 valence electrons. The molecule has 0 aliphatic carbocycles. The number of nitrogens with zero attached hydrogens (tertiary/aromatic N) is 1. The van der Waals surface area contributed by atoms with Crippen LogP contribution in [0.25, 0.3) is 0 Å². The van der Waals surface area contributed by atoms with Crippen molar-refractivity contribution in [1.82, 2.24) is 0 Å². The smallest absolute Gasteiger partial charge is 0.282 e. The normalized spacial score (nSPS) is 15.7. The molecule has 7 heteroatoms. The predicted octanol–water partition coefficient (Wildman–Crippen LogP) is 2.48. The molecule has 2 N–H and O–H groups in total. The molecule has 1 heterocycles. The van der Waals surface area contributed by atoms with Crippen LogP contribution in [0.5, 0.6) is 11.5 Å².